The molecule has 0 atom stereocenters. The van der Waals surface area contributed by atoms with Gasteiger partial charge in [0.05, 0.1) is 0 Å². The minimum atomic E-state index is -2.80. The monoisotopic (exact) mass is 172 g/mol. The summed E-state index contributed by atoms with van der Waals surface area (Å²) >= 11 is 0. The van der Waals surface area contributed by atoms with Gasteiger partial charge < -0.3 is 0 Å². The largest absolute Gasteiger partial charge is 0.341 e. The Hall–Kier alpha value is -0.800. The highest BCUT2D eigenvalue weighted by Gasteiger charge is 1.73. The molecule has 0 amide bonds. The SMILES string of the molecule is O=S(=O)=NON=S(=O)=O. The number of nitrogens with zero attached hydrogens (tertiary/aromatic N) is 2. The summed E-state index contributed by atoms with van der Waals surface area (Å²) in [5.74, 6) is 0. The van der Waals surface area contributed by atoms with Gasteiger partial charge in [-0.15, -0.1) is 0 Å². The molecule has 0 aliphatic heterocycles. The lowest BCUT2D eigenvalue weighted by atomic mass is 13.3. The van der Waals surface area contributed by atoms with Gasteiger partial charge in [-0.05, 0) is 0 Å². The van der Waals surface area contributed by atoms with Crippen molar-refractivity contribution in [2.24, 2.45) is 9.05 Å². The Morgan fingerprint density at radius 1 is 0.889 bits per heavy atom. The minimum Gasteiger partial charge on any atom is -0.161 e. The highest BCUT2D eigenvalue weighted by Crippen LogP contribution is 1.72. The first-order valence-electron chi connectivity index (χ1n) is 1.40. The van der Waals surface area contributed by atoms with Crippen molar-refractivity contribution in [3.8, 4) is 0 Å². The molecule has 7 nitrogen and oxygen atoms in total. The standard InChI is InChI=1S/N2O5S2/c3-8(4)1-7-2-9(5)6. The molecule has 0 aromatic heterocycles. The Labute approximate surface area is 52.6 Å². The van der Waals surface area contributed by atoms with Crippen molar-refractivity contribution in [2.45, 2.75) is 0 Å². The second-order valence-electron chi connectivity index (χ2n) is 0.665. The average molecular weight is 172 g/mol. The molecule has 0 spiro atoms. The van der Waals surface area contributed by atoms with Crippen molar-refractivity contribution < 1.29 is 21.8 Å². The van der Waals surface area contributed by atoms with E-state index in [9.17, 15) is 16.8 Å². The molecule has 0 N–H and O–H groups in total. The molecule has 0 aliphatic carbocycles. The van der Waals surface area contributed by atoms with Gasteiger partial charge in [-0.3, -0.25) is 0 Å². The van der Waals surface area contributed by atoms with Crippen molar-refractivity contribution in [1.29, 1.82) is 0 Å². The normalized spacial score (nSPS) is 8.00. The van der Waals surface area contributed by atoms with Crippen LogP contribution < -0.4 is 0 Å². The summed E-state index contributed by atoms with van der Waals surface area (Å²) < 4.78 is 42.2. The zero-order valence-electron chi connectivity index (χ0n) is 3.75. The molecule has 0 rings (SSSR count). The maximum Gasteiger partial charge on any atom is 0.341 e. The summed E-state index contributed by atoms with van der Waals surface area (Å²) in [6.45, 7) is 0. The van der Waals surface area contributed by atoms with Gasteiger partial charge in [0.2, 0.25) is 0 Å². The number of rotatable bonds is 2. The van der Waals surface area contributed by atoms with Crippen LogP contribution >= 0.6 is 0 Å². The summed E-state index contributed by atoms with van der Waals surface area (Å²) in [7, 11) is -5.59. The van der Waals surface area contributed by atoms with Gasteiger partial charge in [0.25, 0.3) is 0 Å². The van der Waals surface area contributed by atoms with Crippen molar-refractivity contribution in [2.75, 3.05) is 0 Å². The Balaban J connectivity index is 4.14. The molecule has 9 heavy (non-hydrogen) atoms. The first kappa shape index (κ1) is 8.20. The second kappa shape index (κ2) is 4.12. The van der Waals surface area contributed by atoms with Crippen LogP contribution in [-0.4, -0.2) is 16.8 Å². The fourth-order valence-corrected chi connectivity index (χ4v) is 0.286. The second-order valence-corrected chi connectivity index (χ2v) is 1.83. The van der Waals surface area contributed by atoms with E-state index in [2.05, 4.69) is 14.0 Å². The summed E-state index contributed by atoms with van der Waals surface area (Å²) in [5, 5.41) is 0. The third-order valence-corrected chi connectivity index (χ3v) is 0.565. The fraction of sp³-hybridized carbons (Fsp3) is 0. The third-order valence-electron chi connectivity index (χ3n) is 0.188. The highest BCUT2D eigenvalue weighted by atomic mass is 32.2. The molecule has 0 saturated carbocycles. The van der Waals surface area contributed by atoms with E-state index in [0.29, 0.717) is 0 Å². The summed E-state index contributed by atoms with van der Waals surface area (Å²) in [5.41, 5.74) is 0. The summed E-state index contributed by atoms with van der Waals surface area (Å²) in [4.78, 5) is 3.38. The lowest BCUT2D eigenvalue weighted by Gasteiger charge is -1.64. The molecule has 0 heterocycles. The van der Waals surface area contributed by atoms with Gasteiger partial charge in [0.1, 0.15) is 0 Å². The maximum atomic E-state index is 9.43. The molecule has 0 bridgehead atoms. The first-order chi connectivity index (χ1) is 4.13. The fourth-order valence-electron chi connectivity index (χ4n) is 0.0680. The van der Waals surface area contributed by atoms with E-state index in [4.69, 9.17) is 0 Å². The molecule has 0 aromatic rings. The van der Waals surface area contributed by atoms with E-state index in [1.165, 1.54) is 0 Å². The van der Waals surface area contributed by atoms with E-state index in [1.54, 1.807) is 0 Å². The molecule has 9 heteroatoms. The van der Waals surface area contributed by atoms with Crippen LogP contribution in [0.3, 0.4) is 0 Å². The smallest absolute Gasteiger partial charge is 0.161 e. The van der Waals surface area contributed by atoms with Gasteiger partial charge in [-0.1, -0.05) is 4.94 Å². The lowest BCUT2D eigenvalue weighted by Crippen LogP contribution is -1.65. The molecule has 52 valence electrons. The summed E-state index contributed by atoms with van der Waals surface area (Å²) in [6, 6.07) is 0. The van der Waals surface area contributed by atoms with Gasteiger partial charge in [-0.2, -0.15) is 16.8 Å². The zero-order chi connectivity index (χ0) is 7.28. The quantitative estimate of drug-likeness (QED) is 0.495. The van der Waals surface area contributed by atoms with Gasteiger partial charge in [-0.25, -0.2) is 0 Å². The van der Waals surface area contributed by atoms with Crippen LogP contribution in [0.2, 0.25) is 0 Å². The van der Waals surface area contributed by atoms with Crippen molar-refractivity contribution in [1.82, 2.24) is 0 Å². The molecule has 0 unspecified atom stereocenters. The van der Waals surface area contributed by atoms with Crippen LogP contribution in [-0.2, 0) is 25.9 Å². The van der Waals surface area contributed by atoms with E-state index in [-0.39, 0.29) is 0 Å². The van der Waals surface area contributed by atoms with Crippen LogP contribution in [0.1, 0.15) is 0 Å². The average Bonchev–Trinajstić information content (AvgIpc) is 1.63. The van der Waals surface area contributed by atoms with Gasteiger partial charge in [0.15, 0.2) is 0 Å². The molecule has 0 radical (unpaired) electrons. The third kappa shape index (κ3) is 7.20. The number of hydrogen-bond acceptors (Lipinski definition) is 7. The molecule has 0 fully saturated rings. The Morgan fingerprint density at radius 2 is 1.22 bits per heavy atom. The number of hydrogen-bond donors (Lipinski definition) is 0. The minimum absolute atomic E-state index is 2.22. The van der Waals surface area contributed by atoms with Crippen LogP contribution in [0.15, 0.2) is 9.05 Å². The zero-order valence-corrected chi connectivity index (χ0v) is 5.39. The molecule has 0 saturated heterocycles. The van der Waals surface area contributed by atoms with Crippen molar-refractivity contribution >= 4 is 21.0 Å². The van der Waals surface area contributed by atoms with Gasteiger partial charge >= 0.3 is 21.0 Å². The molecule has 0 aromatic carbocycles. The van der Waals surface area contributed by atoms with Crippen molar-refractivity contribution in [3.63, 3.8) is 0 Å². The Kier molecular flexibility index (Phi) is 3.75. The van der Waals surface area contributed by atoms with Gasteiger partial charge in [0, 0.05) is 9.05 Å². The van der Waals surface area contributed by atoms with Crippen LogP contribution in [0.5, 0.6) is 0 Å². The van der Waals surface area contributed by atoms with Crippen LogP contribution in [0.25, 0.3) is 0 Å². The van der Waals surface area contributed by atoms with Crippen LogP contribution in [0.4, 0.5) is 0 Å². The van der Waals surface area contributed by atoms with Crippen molar-refractivity contribution in [3.05, 3.63) is 0 Å². The predicted octanol–water partition coefficient (Wildman–Crippen LogP) is -1.04. The molecular formula is N2O5S2. The van der Waals surface area contributed by atoms with E-state index < -0.39 is 21.0 Å². The Morgan fingerprint density at radius 3 is 1.44 bits per heavy atom. The Bertz CT molecular complexity index is 266. The molecule has 0 aliphatic rings. The highest BCUT2D eigenvalue weighted by molar-refractivity contribution is 7.62. The van der Waals surface area contributed by atoms with E-state index >= 15 is 0 Å². The predicted molar refractivity (Wildman–Crippen MR) is 23.8 cm³/mol. The van der Waals surface area contributed by atoms with E-state index in [1.807, 2.05) is 0 Å². The molecular weight excluding hydrogens is 172 g/mol. The first-order valence-corrected chi connectivity index (χ1v) is 3.46. The topological polar surface area (TPSA) is 102 Å². The lowest BCUT2D eigenvalue weighted by molar-refractivity contribution is 0.165. The summed E-state index contributed by atoms with van der Waals surface area (Å²) in [6.07, 6.45) is 0. The van der Waals surface area contributed by atoms with Crippen LogP contribution in [0, 0.1) is 0 Å². The maximum absolute atomic E-state index is 9.43. The van der Waals surface area contributed by atoms with E-state index in [0.717, 1.165) is 0 Å².